The summed E-state index contributed by atoms with van der Waals surface area (Å²) in [6, 6.07) is 1.45. The highest BCUT2D eigenvalue weighted by atomic mass is 32.2. The fourth-order valence-corrected chi connectivity index (χ4v) is 4.62. The van der Waals surface area contributed by atoms with Gasteiger partial charge in [0.2, 0.25) is 0 Å². The molecule has 0 aliphatic carbocycles. The van der Waals surface area contributed by atoms with Gasteiger partial charge in [-0.25, -0.2) is 8.78 Å². The third kappa shape index (κ3) is 2.84. The van der Waals surface area contributed by atoms with Crippen LogP contribution in [0.4, 0.5) is 20.2 Å². The predicted octanol–water partition coefficient (Wildman–Crippen LogP) is 3.00. The molecule has 0 spiro atoms. The van der Waals surface area contributed by atoms with Crippen LogP contribution in [0.2, 0.25) is 0 Å². The molecule has 5 nitrogen and oxygen atoms in total. The Morgan fingerprint density at radius 2 is 1.86 bits per heavy atom. The number of hydrogen-bond donors (Lipinski definition) is 0. The molecule has 1 aliphatic rings. The second-order valence-corrected chi connectivity index (χ2v) is 7.34. The van der Waals surface area contributed by atoms with Crippen molar-refractivity contribution < 1.29 is 17.9 Å². The molecule has 0 radical (unpaired) electrons. The van der Waals surface area contributed by atoms with Crippen molar-refractivity contribution in [3.05, 3.63) is 33.9 Å². The number of nitrogens with zero attached hydrogens (tertiary/aromatic N) is 2. The van der Waals surface area contributed by atoms with Crippen molar-refractivity contribution >= 4 is 22.2 Å². The molecule has 1 atom stereocenters. The highest BCUT2D eigenvalue weighted by molar-refractivity contribution is 7.86. The van der Waals surface area contributed by atoms with Gasteiger partial charge < -0.3 is 4.90 Å². The lowest BCUT2D eigenvalue weighted by Crippen LogP contribution is -2.53. The number of rotatable bonds is 4. The van der Waals surface area contributed by atoms with Gasteiger partial charge in [-0.2, -0.15) is 0 Å². The summed E-state index contributed by atoms with van der Waals surface area (Å²) in [6.45, 7) is 4.36. The van der Waals surface area contributed by atoms with Crippen LogP contribution in [0.25, 0.3) is 0 Å². The molecule has 1 saturated heterocycles. The number of non-ortho nitro benzene ring substituents is 1. The summed E-state index contributed by atoms with van der Waals surface area (Å²) in [6.07, 6.45) is 1.28. The number of anilines is 1. The molecule has 1 unspecified atom stereocenters. The molecule has 0 saturated carbocycles. The molecule has 1 aromatic carbocycles. The Morgan fingerprint density at radius 1 is 1.32 bits per heavy atom. The van der Waals surface area contributed by atoms with Crippen molar-refractivity contribution in [1.29, 1.82) is 0 Å². The minimum absolute atomic E-state index is 0.264. The van der Waals surface area contributed by atoms with Crippen molar-refractivity contribution in [2.45, 2.75) is 31.4 Å². The van der Waals surface area contributed by atoms with Gasteiger partial charge in [0.05, 0.1) is 21.8 Å². The lowest BCUT2D eigenvalue weighted by molar-refractivity contribution is -0.385. The summed E-state index contributed by atoms with van der Waals surface area (Å²) in [5.41, 5.74) is -0.884. The molecule has 122 valence electrons. The largest absolute Gasteiger partial charge is 0.364 e. The van der Waals surface area contributed by atoms with E-state index >= 15 is 0 Å². The standard InChI is InChI=1S/C14H18F2N2O3S/c1-3-14(4-2)9-17(5-6-22(14)21)13-11(15)7-10(18(19)20)8-12(13)16/h7-8H,3-6,9H2,1-2H3. The molecule has 0 N–H and O–H groups in total. The van der Waals surface area contributed by atoms with Crippen LogP contribution in [-0.4, -0.2) is 32.7 Å². The molecule has 0 aromatic heterocycles. The van der Waals surface area contributed by atoms with Crippen LogP contribution in [0, 0.1) is 21.7 Å². The van der Waals surface area contributed by atoms with Gasteiger partial charge in [0.1, 0.15) is 5.69 Å². The Bertz CT molecular complexity index is 597. The van der Waals surface area contributed by atoms with E-state index in [0.29, 0.717) is 18.6 Å². The van der Waals surface area contributed by atoms with E-state index < -0.39 is 37.8 Å². The van der Waals surface area contributed by atoms with Gasteiger partial charge in [0.25, 0.3) is 5.69 Å². The van der Waals surface area contributed by atoms with Gasteiger partial charge in [-0.05, 0) is 12.8 Å². The van der Waals surface area contributed by atoms with E-state index in [-0.39, 0.29) is 18.8 Å². The lowest BCUT2D eigenvalue weighted by Gasteiger charge is -2.42. The summed E-state index contributed by atoms with van der Waals surface area (Å²) in [4.78, 5) is 11.3. The van der Waals surface area contributed by atoms with Crippen molar-refractivity contribution in [2.75, 3.05) is 23.7 Å². The van der Waals surface area contributed by atoms with Gasteiger partial charge in [0, 0.05) is 29.6 Å². The molecule has 1 heterocycles. The van der Waals surface area contributed by atoms with E-state index in [1.54, 1.807) is 0 Å². The average Bonchev–Trinajstić information content (AvgIpc) is 2.48. The molecule has 2 rings (SSSR count). The SMILES string of the molecule is CCC1(CC)CN(c2c(F)cc([N+](=O)[O-])cc2F)CCS1=O. The maximum Gasteiger partial charge on any atom is 0.275 e. The number of nitro benzene ring substituents is 1. The van der Waals surface area contributed by atoms with Gasteiger partial charge in [-0.3, -0.25) is 14.3 Å². The van der Waals surface area contributed by atoms with Crippen LogP contribution in [0.1, 0.15) is 26.7 Å². The molecule has 1 aromatic rings. The molecular formula is C14H18F2N2O3S. The maximum atomic E-state index is 14.2. The van der Waals surface area contributed by atoms with Crippen LogP contribution in [0.15, 0.2) is 12.1 Å². The molecule has 1 fully saturated rings. The molecular weight excluding hydrogens is 314 g/mol. The molecule has 8 heteroatoms. The Kier molecular flexibility index (Phi) is 4.79. The first-order valence-electron chi connectivity index (χ1n) is 7.11. The summed E-state index contributed by atoms with van der Waals surface area (Å²) in [7, 11) is -1.05. The predicted molar refractivity (Wildman–Crippen MR) is 81.5 cm³/mol. The third-order valence-corrected chi connectivity index (χ3v) is 6.55. The van der Waals surface area contributed by atoms with Crippen LogP contribution in [0.3, 0.4) is 0 Å². The van der Waals surface area contributed by atoms with Crippen LogP contribution in [-0.2, 0) is 10.8 Å². The maximum absolute atomic E-state index is 14.2. The smallest absolute Gasteiger partial charge is 0.275 e. The highest BCUT2D eigenvalue weighted by Crippen LogP contribution is 2.35. The van der Waals surface area contributed by atoms with E-state index in [1.807, 2.05) is 13.8 Å². The fourth-order valence-electron chi connectivity index (χ4n) is 2.85. The summed E-state index contributed by atoms with van der Waals surface area (Å²) < 4.78 is 40.1. The average molecular weight is 332 g/mol. The Morgan fingerprint density at radius 3 is 2.32 bits per heavy atom. The van der Waals surface area contributed by atoms with E-state index in [1.165, 1.54) is 4.90 Å². The zero-order valence-electron chi connectivity index (χ0n) is 12.5. The van der Waals surface area contributed by atoms with Crippen molar-refractivity contribution in [3.8, 4) is 0 Å². The molecule has 0 amide bonds. The van der Waals surface area contributed by atoms with Crippen LogP contribution in [0.5, 0.6) is 0 Å². The summed E-state index contributed by atoms with van der Waals surface area (Å²) >= 11 is 0. The van der Waals surface area contributed by atoms with Crippen molar-refractivity contribution in [3.63, 3.8) is 0 Å². The summed E-state index contributed by atoms with van der Waals surface area (Å²) in [5.74, 6) is -1.58. The first-order chi connectivity index (χ1) is 10.3. The number of halogens is 2. The Labute approximate surface area is 129 Å². The fraction of sp³-hybridized carbons (Fsp3) is 0.571. The van der Waals surface area contributed by atoms with Crippen LogP contribution >= 0.6 is 0 Å². The normalized spacial score (nSPS) is 20.9. The molecule has 0 bridgehead atoms. The van der Waals surface area contributed by atoms with Crippen LogP contribution < -0.4 is 4.90 Å². The van der Waals surface area contributed by atoms with Gasteiger partial charge in [-0.1, -0.05) is 13.8 Å². The second-order valence-electron chi connectivity index (χ2n) is 5.38. The lowest BCUT2D eigenvalue weighted by atomic mass is 10.0. The minimum atomic E-state index is -1.05. The topological polar surface area (TPSA) is 63.4 Å². The highest BCUT2D eigenvalue weighted by Gasteiger charge is 2.40. The van der Waals surface area contributed by atoms with Gasteiger partial charge in [-0.15, -0.1) is 0 Å². The minimum Gasteiger partial charge on any atom is -0.364 e. The number of benzene rings is 1. The number of hydrogen-bond acceptors (Lipinski definition) is 4. The Balaban J connectivity index is 2.40. The monoisotopic (exact) mass is 332 g/mol. The zero-order valence-corrected chi connectivity index (χ0v) is 13.3. The Hall–Kier alpha value is -1.57. The summed E-state index contributed by atoms with van der Waals surface area (Å²) in [5, 5.41) is 10.7. The van der Waals surface area contributed by atoms with Crippen molar-refractivity contribution in [2.24, 2.45) is 0 Å². The first-order valence-corrected chi connectivity index (χ1v) is 8.43. The molecule has 22 heavy (non-hydrogen) atoms. The second kappa shape index (κ2) is 6.28. The van der Waals surface area contributed by atoms with E-state index in [2.05, 4.69) is 0 Å². The van der Waals surface area contributed by atoms with E-state index in [4.69, 9.17) is 0 Å². The van der Waals surface area contributed by atoms with E-state index in [9.17, 15) is 23.1 Å². The first kappa shape index (κ1) is 16.8. The zero-order chi connectivity index (χ0) is 16.5. The quantitative estimate of drug-likeness (QED) is 0.628. The number of nitro groups is 1. The van der Waals surface area contributed by atoms with E-state index in [0.717, 1.165) is 12.1 Å². The van der Waals surface area contributed by atoms with Gasteiger partial charge in [0.15, 0.2) is 11.6 Å². The molecule has 1 aliphatic heterocycles. The van der Waals surface area contributed by atoms with Gasteiger partial charge >= 0.3 is 0 Å². The third-order valence-electron chi connectivity index (χ3n) is 4.33. The van der Waals surface area contributed by atoms with Crippen molar-refractivity contribution in [1.82, 2.24) is 0 Å².